The molecule has 1 fully saturated rings. The Bertz CT molecular complexity index is 1560. The summed E-state index contributed by atoms with van der Waals surface area (Å²) in [6.07, 6.45) is 5.39. The zero-order chi connectivity index (χ0) is 27.2. The number of ether oxygens (including phenoxy) is 1. The summed E-state index contributed by atoms with van der Waals surface area (Å²) in [4.78, 5) is 31.9. The quantitative estimate of drug-likeness (QED) is 0.421. The van der Waals surface area contributed by atoms with Crippen LogP contribution in [-0.4, -0.2) is 64.3 Å². The lowest BCUT2D eigenvalue weighted by Crippen LogP contribution is -2.50. The number of benzene rings is 1. The maximum Gasteiger partial charge on any atom is 0.410 e. The first-order valence-electron chi connectivity index (χ1n) is 12.5. The Balaban J connectivity index is 1.38. The van der Waals surface area contributed by atoms with Crippen LogP contribution in [0.4, 0.5) is 4.79 Å². The summed E-state index contributed by atoms with van der Waals surface area (Å²) in [6, 6.07) is 9.38. The number of rotatable bonds is 4. The molecule has 38 heavy (non-hydrogen) atoms. The molecule has 0 radical (unpaired) electrons. The van der Waals surface area contributed by atoms with Crippen molar-refractivity contribution < 1.29 is 14.6 Å². The number of fused-ring (bicyclic) bond motifs is 1. The van der Waals surface area contributed by atoms with Crippen LogP contribution in [0.2, 0.25) is 5.15 Å². The molecule has 0 bridgehead atoms. The number of aromatic nitrogens is 5. The highest BCUT2D eigenvalue weighted by Gasteiger charge is 2.36. The Morgan fingerprint density at radius 3 is 2.58 bits per heavy atom. The topological polar surface area (TPSA) is 107 Å². The maximum atomic E-state index is 13.4. The van der Waals surface area contributed by atoms with E-state index in [0.29, 0.717) is 42.1 Å². The largest absolute Gasteiger partial charge is 0.444 e. The Morgan fingerprint density at radius 1 is 1.18 bits per heavy atom. The molecule has 1 aliphatic rings. The number of aryl methyl sites for hydroxylation is 1. The van der Waals surface area contributed by atoms with E-state index in [1.165, 1.54) is 10.9 Å². The van der Waals surface area contributed by atoms with Crippen LogP contribution in [-0.2, 0) is 18.3 Å². The van der Waals surface area contributed by atoms with Gasteiger partial charge in [0.25, 0.3) is 5.56 Å². The molecular formula is C27H31ClN6O4. The van der Waals surface area contributed by atoms with Crippen molar-refractivity contribution in [1.29, 1.82) is 0 Å². The number of halogens is 1. The van der Waals surface area contributed by atoms with Gasteiger partial charge in [-0.3, -0.25) is 18.6 Å². The monoisotopic (exact) mass is 538 g/mol. The van der Waals surface area contributed by atoms with Crippen molar-refractivity contribution >= 4 is 28.7 Å². The van der Waals surface area contributed by atoms with Gasteiger partial charge in [-0.05, 0) is 57.4 Å². The molecule has 0 aliphatic carbocycles. The number of hydrogen-bond donors (Lipinski definition) is 1. The molecule has 4 heterocycles. The van der Waals surface area contributed by atoms with Gasteiger partial charge in [0.2, 0.25) is 0 Å². The molecule has 3 aromatic heterocycles. The summed E-state index contributed by atoms with van der Waals surface area (Å²) in [5, 5.41) is 16.2. The molecule has 1 saturated heterocycles. The smallest absolute Gasteiger partial charge is 0.410 e. The SMILES string of the molecule is Cn1cc(-c2cccc(-n3c(Cl)cc4c(=O)n(CC5(O)CCN(C(=O)OC(C)(C)C)CC5)cnc43)c2)cn1. The molecular weight excluding hydrogens is 508 g/mol. The van der Waals surface area contributed by atoms with Gasteiger partial charge in [0.15, 0.2) is 5.65 Å². The minimum Gasteiger partial charge on any atom is -0.444 e. The molecule has 11 heteroatoms. The second kappa shape index (κ2) is 9.59. The lowest BCUT2D eigenvalue weighted by molar-refractivity contribution is -0.0419. The minimum atomic E-state index is -1.15. The first-order chi connectivity index (χ1) is 17.9. The zero-order valence-electron chi connectivity index (χ0n) is 21.9. The molecule has 1 amide bonds. The number of piperidine rings is 1. The van der Waals surface area contributed by atoms with Gasteiger partial charge in [0, 0.05) is 37.6 Å². The number of hydrogen-bond acceptors (Lipinski definition) is 6. The maximum absolute atomic E-state index is 13.4. The Kier molecular flexibility index (Phi) is 6.56. The lowest BCUT2D eigenvalue weighted by Gasteiger charge is -2.38. The van der Waals surface area contributed by atoms with E-state index in [9.17, 15) is 14.7 Å². The molecule has 0 unspecified atom stereocenters. The normalized spacial score (nSPS) is 15.7. The van der Waals surface area contributed by atoms with Crippen LogP contribution in [0, 0.1) is 0 Å². The fourth-order valence-electron chi connectivity index (χ4n) is 4.75. The van der Waals surface area contributed by atoms with Gasteiger partial charge in [-0.2, -0.15) is 5.10 Å². The Hall–Kier alpha value is -3.63. The molecule has 0 spiro atoms. The summed E-state index contributed by atoms with van der Waals surface area (Å²) in [6.45, 7) is 6.19. The fourth-order valence-corrected chi connectivity index (χ4v) is 5.03. The van der Waals surface area contributed by atoms with Crippen molar-refractivity contribution in [3.63, 3.8) is 0 Å². The molecule has 10 nitrogen and oxygen atoms in total. The van der Waals surface area contributed by atoms with Gasteiger partial charge in [0.1, 0.15) is 17.1 Å². The molecule has 1 aromatic carbocycles. The standard InChI is InChI=1S/C27H31ClN6O4/c1-26(2,3)38-25(36)32-10-8-27(37,9-11-32)16-33-17-29-23-21(24(33)35)13-22(28)34(23)20-7-5-6-18(12-20)19-14-30-31(4)15-19/h5-7,12-15,17,37H,8-11,16H2,1-4H3. The number of amides is 1. The van der Waals surface area contributed by atoms with E-state index in [4.69, 9.17) is 16.3 Å². The summed E-state index contributed by atoms with van der Waals surface area (Å²) < 4.78 is 10.3. The predicted molar refractivity (Wildman–Crippen MR) is 145 cm³/mol. The molecule has 5 rings (SSSR count). The first kappa shape index (κ1) is 26.0. The fraction of sp³-hybridized carbons (Fsp3) is 0.407. The van der Waals surface area contributed by atoms with Crippen molar-refractivity contribution in [2.75, 3.05) is 13.1 Å². The summed E-state index contributed by atoms with van der Waals surface area (Å²) in [7, 11) is 1.86. The van der Waals surface area contributed by atoms with E-state index in [1.54, 1.807) is 26.4 Å². The number of carbonyl (C=O) groups is 1. The lowest BCUT2D eigenvalue weighted by atomic mass is 9.91. The van der Waals surface area contributed by atoms with Gasteiger partial charge in [-0.15, -0.1) is 0 Å². The van der Waals surface area contributed by atoms with Crippen LogP contribution in [0.5, 0.6) is 0 Å². The van der Waals surface area contributed by atoms with Crippen LogP contribution in [0.1, 0.15) is 33.6 Å². The molecule has 4 aromatic rings. The minimum absolute atomic E-state index is 0.0657. The zero-order valence-corrected chi connectivity index (χ0v) is 22.6. The van der Waals surface area contributed by atoms with E-state index < -0.39 is 17.3 Å². The first-order valence-corrected chi connectivity index (χ1v) is 12.9. The molecule has 1 N–H and O–H groups in total. The summed E-state index contributed by atoms with van der Waals surface area (Å²) in [5.74, 6) is 0. The molecule has 0 saturated carbocycles. The number of aliphatic hydroxyl groups is 1. The van der Waals surface area contributed by atoms with Crippen molar-refractivity contribution in [3.05, 3.63) is 64.6 Å². The van der Waals surface area contributed by atoms with Gasteiger partial charge >= 0.3 is 6.09 Å². The molecule has 0 atom stereocenters. The Labute approximate surface area is 225 Å². The number of nitrogens with zero attached hydrogens (tertiary/aromatic N) is 6. The van der Waals surface area contributed by atoms with E-state index >= 15 is 0 Å². The van der Waals surface area contributed by atoms with Crippen LogP contribution in [0.15, 0.2) is 53.8 Å². The van der Waals surface area contributed by atoms with Gasteiger partial charge in [-0.25, -0.2) is 9.78 Å². The van der Waals surface area contributed by atoms with Crippen LogP contribution >= 0.6 is 11.6 Å². The van der Waals surface area contributed by atoms with E-state index in [2.05, 4.69) is 10.1 Å². The predicted octanol–water partition coefficient (Wildman–Crippen LogP) is 4.00. The average Bonchev–Trinajstić information content (AvgIpc) is 3.43. The van der Waals surface area contributed by atoms with E-state index in [0.717, 1.165) is 16.8 Å². The highest BCUT2D eigenvalue weighted by atomic mass is 35.5. The van der Waals surface area contributed by atoms with Crippen LogP contribution in [0.25, 0.3) is 27.8 Å². The average molecular weight is 539 g/mol. The Morgan fingerprint density at radius 2 is 1.92 bits per heavy atom. The van der Waals surface area contributed by atoms with Crippen LogP contribution in [0.3, 0.4) is 0 Å². The van der Waals surface area contributed by atoms with Crippen LogP contribution < -0.4 is 5.56 Å². The second-order valence-corrected chi connectivity index (χ2v) is 11.2. The van der Waals surface area contributed by atoms with E-state index in [1.807, 2.05) is 58.3 Å². The number of likely N-dealkylation sites (tertiary alicyclic amines) is 1. The number of carbonyl (C=O) groups excluding carboxylic acids is 1. The summed E-state index contributed by atoms with van der Waals surface area (Å²) in [5.41, 5.74) is 1.10. The third-order valence-electron chi connectivity index (χ3n) is 6.69. The van der Waals surface area contributed by atoms with Gasteiger partial charge in [0.05, 0.1) is 23.7 Å². The second-order valence-electron chi connectivity index (χ2n) is 10.9. The van der Waals surface area contributed by atoms with Gasteiger partial charge in [-0.1, -0.05) is 23.7 Å². The van der Waals surface area contributed by atoms with Crippen molar-refractivity contribution in [1.82, 2.24) is 28.8 Å². The van der Waals surface area contributed by atoms with Gasteiger partial charge < -0.3 is 14.7 Å². The van der Waals surface area contributed by atoms with Crippen molar-refractivity contribution in [2.45, 2.75) is 51.4 Å². The van der Waals surface area contributed by atoms with Crippen molar-refractivity contribution in [3.8, 4) is 16.8 Å². The third-order valence-corrected chi connectivity index (χ3v) is 6.97. The highest BCUT2D eigenvalue weighted by Crippen LogP contribution is 2.29. The highest BCUT2D eigenvalue weighted by molar-refractivity contribution is 6.31. The molecule has 200 valence electrons. The van der Waals surface area contributed by atoms with E-state index in [-0.39, 0.29) is 12.1 Å². The van der Waals surface area contributed by atoms with Crippen molar-refractivity contribution in [2.24, 2.45) is 7.05 Å². The summed E-state index contributed by atoms with van der Waals surface area (Å²) >= 11 is 6.60. The third kappa shape index (κ3) is 5.19. The molecule has 1 aliphatic heterocycles.